The first-order chi connectivity index (χ1) is 8.61. The molecule has 1 heterocycles. The van der Waals surface area contributed by atoms with Gasteiger partial charge in [0.25, 0.3) is 0 Å². The first kappa shape index (κ1) is 12.5. The van der Waals surface area contributed by atoms with Gasteiger partial charge >= 0.3 is 0 Å². The van der Waals surface area contributed by atoms with Gasteiger partial charge in [0.15, 0.2) is 11.6 Å². The van der Waals surface area contributed by atoms with Gasteiger partial charge in [-0.15, -0.1) is 0 Å². The second-order valence-electron chi connectivity index (χ2n) is 4.71. The van der Waals surface area contributed by atoms with Gasteiger partial charge in [-0.2, -0.15) is 0 Å². The molecule has 0 unspecified atom stereocenters. The zero-order valence-corrected chi connectivity index (χ0v) is 10.9. The van der Waals surface area contributed by atoms with Crippen molar-refractivity contribution in [1.82, 2.24) is 5.16 Å². The van der Waals surface area contributed by atoms with E-state index in [0.717, 1.165) is 29.1 Å². The molecular weight excluding hydrogens is 228 g/mol. The van der Waals surface area contributed by atoms with Crippen LogP contribution in [0.1, 0.15) is 19.4 Å². The number of nitrogen functional groups attached to an aromatic ring is 1. The predicted molar refractivity (Wildman–Crippen MR) is 71.4 cm³/mol. The molecule has 0 saturated carbocycles. The highest BCUT2D eigenvalue weighted by atomic mass is 16.5. The summed E-state index contributed by atoms with van der Waals surface area (Å²) < 4.78 is 10.6. The number of ether oxygens (including phenoxy) is 1. The summed E-state index contributed by atoms with van der Waals surface area (Å²) in [6.07, 6.45) is 0.849. The van der Waals surface area contributed by atoms with Gasteiger partial charge in [-0.25, -0.2) is 0 Å². The van der Waals surface area contributed by atoms with Crippen molar-refractivity contribution in [2.75, 3.05) is 12.8 Å². The first-order valence-corrected chi connectivity index (χ1v) is 6.00. The van der Waals surface area contributed by atoms with Crippen LogP contribution in [-0.4, -0.2) is 12.3 Å². The molecule has 0 aliphatic rings. The molecule has 1 aromatic carbocycles. The lowest BCUT2D eigenvalue weighted by molar-refractivity contribution is 0.413. The van der Waals surface area contributed by atoms with Crippen molar-refractivity contribution in [3.05, 3.63) is 29.8 Å². The Balaban J connectivity index is 2.43. The Kier molecular flexibility index (Phi) is 3.55. The van der Waals surface area contributed by atoms with Crippen LogP contribution < -0.4 is 10.5 Å². The standard InChI is InChI=1S/C14H18N2O2/c1-9(2)7-12-13(18-16-14(12)15)10-5-4-6-11(8-10)17-3/h4-6,8-9H,7H2,1-3H3,(H2,15,16). The zero-order chi connectivity index (χ0) is 13.1. The van der Waals surface area contributed by atoms with Crippen LogP contribution in [0.3, 0.4) is 0 Å². The molecule has 0 spiro atoms. The van der Waals surface area contributed by atoms with Gasteiger partial charge in [0.05, 0.1) is 7.11 Å². The Morgan fingerprint density at radius 3 is 2.83 bits per heavy atom. The minimum absolute atomic E-state index is 0.474. The Bertz CT molecular complexity index is 532. The maximum absolute atomic E-state index is 5.86. The zero-order valence-electron chi connectivity index (χ0n) is 10.9. The lowest BCUT2D eigenvalue weighted by Crippen LogP contribution is -1.99. The van der Waals surface area contributed by atoms with Gasteiger partial charge in [0, 0.05) is 11.1 Å². The molecule has 0 aliphatic heterocycles. The largest absolute Gasteiger partial charge is 0.497 e. The van der Waals surface area contributed by atoms with E-state index < -0.39 is 0 Å². The Morgan fingerprint density at radius 1 is 1.39 bits per heavy atom. The van der Waals surface area contributed by atoms with Gasteiger partial charge in [-0.05, 0) is 24.5 Å². The quantitative estimate of drug-likeness (QED) is 0.900. The summed E-state index contributed by atoms with van der Waals surface area (Å²) >= 11 is 0. The van der Waals surface area contributed by atoms with E-state index in [2.05, 4.69) is 19.0 Å². The third kappa shape index (κ3) is 2.47. The summed E-state index contributed by atoms with van der Waals surface area (Å²) in [4.78, 5) is 0. The topological polar surface area (TPSA) is 61.3 Å². The minimum atomic E-state index is 0.474. The molecule has 0 atom stereocenters. The van der Waals surface area contributed by atoms with E-state index in [0.29, 0.717) is 11.7 Å². The third-order valence-corrected chi connectivity index (χ3v) is 2.76. The Morgan fingerprint density at radius 2 is 2.17 bits per heavy atom. The smallest absolute Gasteiger partial charge is 0.172 e. The van der Waals surface area contributed by atoms with Gasteiger partial charge < -0.3 is 15.0 Å². The fraction of sp³-hybridized carbons (Fsp3) is 0.357. The van der Waals surface area contributed by atoms with Crippen molar-refractivity contribution >= 4 is 5.82 Å². The normalized spacial score (nSPS) is 10.9. The molecule has 0 bridgehead atoms. The second-order valence-corrected chi connectivity index (χ2v) is 4.71. The number of anilines is 1. The number of rotatable bonds is 4. The lowest BCUT2D eigenvalue weighted by Gasteiger charge is -2.06. The molecule has 0 saturated heterocycles. The van der Waals surface area contributed by atoms with Crippen molar-refractivity contribution in [1.29, 1.82) is 0 Å². The van der Waals surface area contributed by atoms with Gasteiger partial charge in [-0.3, -0.25) is 0 Å². The molecule has 0 amide bonds. The first-order valence-electron chi connectivity index (χ1n) is 6.00. The van der Waals surface area contributed by atoms with Crippen molar-refractivity contribution in [2.45, 2.75) is 20.3 Å². The van der Waals surface area contributed by atoms with Crippen LogP contribution >= 0.6 is 0 Å². The third-order valence-electron chi connectivity index (χ3n) is 2.76. The summed E-state index contributed by atoms with van der Waals surface area (Å²) in [5.74, 6) is 2.50. The average Bonchev–Trinajstić information content (AvgIpc) is 2.71. The van der Waals surface area contributed by atoms with E-state index in [1.807, 2.05) is 24.3 Å². The van der Waals surface area contributed by atoms with Crippen LogP contribution in [0.25, 0.3) is 11.3 Å². The summed E-state index contributed by atoms with van der Waals surface area (Å²) in [5, 5.41) is 3.86. The Hall–Kier alpha value is -1.97. The molecule has 2 N–H and O–H groups in total. The van der Waals surface area contributed by atoms with E-state index in [1.165, 1.54) is 0 Å². The maximum atomic E-state index is 5.86. The van der Waals surface area contributed by atoms with E-state index in [1.54, 1.807) is 7.11 Å². The molecular formula is C14H18N2O2. The average molecular weight is 246 g/mol. The molecule has 0 radical (unpaired) electrons. The summed E-state index contributed by atoms with van der Waals surface area (Å²) in [6.45, 7) is 4.28. The number of nitrogens with two attached hydrogens (primary N) is 1. The van der Waals surface area contributed by atoms with Gasteiger partial charge in [0.1, 0.15) is 5.75 Å². The molecule has 96 valence electrons. The van der Waals surface area contributed by atoms with Gasteiger partial charge in [0.2, 0.25) is 0 Å². The fourth-order valence-corrected chi connectivity index (χ4v) is 1.92. The van der Waals surface area contributed by atoms with E-state index in [-0.39, 0.29) is 0 Å². The van der Waals surface area contributed by atoms with Crippen LogP contribution in [0.4, 0.5) is 5.82 Å². The van der Waals surface area contributed by atoms with Gasteiger partial charge in [-0.1, -0.05) is 31.1 Å². The molecule has 2 aromatic rings. The summed E-state index contributed by atoms with van der Waals surface area (Å²) in [5.41, 5.74) is 7.77. The van der Waals surface area contributed by atoms with E-state index >= 15 is 0 Å². The van der Waals surface area contributed by atoms with Crippen LogP contribution in [-0.2, 0) is 6.42 Å². The van der Waals surface area contributed by atoms with Crippen molar-refractivity contribution < 1.29 is 9.26 Å². The minimum Gasteiger partial charge on any atom is -0.497 e. The SMILES string of the molecule is COc1cccc(-c2onc(N)c2CC(C)C)c1. The Labute approximate surface area is 107 Å². The lowest BCUT2D eigenvalue weighted by atomic mass is 10.00. The number of hydrogen-bond acceptors (Lipinski definition) is 4. The highest BCUT2D eigenvalue weighted by Crippen LogP contribution is 2.31. The van der Waals surface area contributed by atoms with Crippen molar-refractivity contribution in [3.63, 3.8) is 0 Å². The van der Waals surface area contributed by atoms with Crippen LogP contribution in [0, 0.1) is 5.92 Å². The summed E-state index contributed by atoms with van der Waals surface area (Å²) in [7, 11) is 1.64. The maximum Gasteiger partial charge on any atom is 0.172 e. The number of nitrogens with zero attached hydrogens (tertiary/aromatic N) is 1. The number of hydrogen-bond donors (Lipinski definition) is 1. The number of aromatic nitrogens is 1. The predicted octanol–water partition coefficient (Wildman–Crippen LogP) is 3.13. The van der Waals surface area contributed by atoms with Crippen molar-refractivity contribution in [3.8, 4) is 17.1 Å². The molecule has 4 heteroatoms. The number of benzene rings is 1. The molecule has 0 aliphatic carbocycles. The van der Waals surface area contributed by atoms with Crippen LogP contribution in [0.5, 0.6) is 5.75 Å². The molecule has 2 rings (SSSR count). The number of methoxy groups -OCH3 is 1. The second kappa shape index (κ2) is 5.12. The van der Waals surface area contributed by atoms with Crippen LogP contribution in [0.2, 0.25) is 0 Å². The van der Waals surface area contributed by atoms with Crippen LogP contribution in [0.15, 0.2) is 28.8 Å². The van der Waals surface area contributed by atoms with E-state index in [4.69, 9.17) is 15.0 Å². The highest BCUT2D eigenvalue weighted by Gasteiger charge is 2.17. The molecule has 1 aromatic heterocycles. The highest BCUT2D eigenvalue weighted by molar-refractivity contribution is 5.67. The monoisotopic (exact) mass is 246 g/mol. The fourth-order valence-electron chi connectivity index (χ4n) is 1.92. The molecule has 4 nitrogen and oxygen atoms in total. The molecule has 18 heavy (non-hydrogen) atoms. The van der Waals surface area contributed by atoms with E-state index in [9.17, 15) is 0 Å². The molecule has 0 fully saturated rings. The summed E-state index contributed by atoms with van der Waals surface area (Å²) in [6, 6.07) is 7.70. The van der Waals surface area contributed by atoms with Crippen molar-refractivity contribution in [2.24, 2.45) is 5.92 Å².